The molecule has 0 amide bonds. The van der Waals surface area contributed by atoms with Crippen LogP contribution in [0.3, 0.4) is 0 Å². The summed E-state index contributed by atoms with van der Waals surface area (Å²) in [6, 6.07) is 3.99. The quantitative estimate of drug-likeness (QED) is 0.730. The number of fused-ring (bicyclic) bond motifs is 1. The van der Waals surface area contributed by atoms with Gasteiger partial charge in [0, 0.05) is 5.56 Å². The molecule has 3 rings (SSSR count). The molecule has 3 aromatic rings. The number of hydrogen-bond donors (Lipinski definition) is 2. The lowest BCUT2D eigenvalue weighted by Crippen LogP contribution is -1.95. The van der Waals surface area contributed by atoms with Gasteiger partial charge in [0.05, 0.1) is 16.8 Å². The number of aromatic carboxylic acids is 1. The molecule has 6 heteroatoms. The molecule has 0 saturated carbocycles. The van der Waals surface area contributed by atoms with Crippen LogP contribution in [0.2, 0.25) is 0 Å². The van der Waals surface area contributed by atoms with Crippen LogP contribution in [0, 0.1) is 6.92 Å². The molecule has 0 spiro atoms. The molecule has 2 N–H and O–H groups in total. The van der Waals surface area contributed by atoms with Gasteiger partial charge in [0.25, 0.3) is 0 Å². The van der Waals surface area contributed by atoms with E-state index >= 15 is 0 Å². The number of aromatic amines is 1. The number of thiophene rings is 1. The lowest BCUT2D eigenvalue weighted by molar-refractivity contribution is 0.0691. The maximum Gasteiger partial charge on any atom is 0.356 e. The Morgan fingerprint density at radius 1 is 1.59 bits per heavy atom. The molecule has 0 atom stereocenters. The first-order chi connectivity index (χ1) is 8.16. The molecular weight excluding hydrogens is 238 g/mol. The Balaban J connectivity index is 2.21. The number of carboxylic acids is 1. The fourth-order valence-corrected chi connectivity index (χ4v) is 2.59. The molecule has 17 heavy (non-hydrogen) atoms. The summed E-state index contributed by atoms with van der Waals surface area (Å²) in [6.45, 7) is 1.93. The number of nitrogens with one attached hydrogen (secondary N) is 1. The minimum atomic E-state index is -1.01. The Bertz CT molecular complexity index is 694. The first kappa shape index (κ1) is 10.1. The van der Waals surface area contributed by atoms with Gasteiger partial charge in [0.15, 0.2) is 11.3 Å². The predicted octanol–water partition coefficient (Wildman–Crippen LogP) is 2.40. The molecule has 5 nitrogen and oxygen atoms in total. The Morgan fingerprint density at radius 2 is 2.41 bits per heavy atom. The lowest BCUT2D eigenvalue weighted by atomic mass is 10.2. The summed E-state index contributed by atoms with van der Waals surface area (Å²) in [7, 11) is 0. The Labute approximate surface area is 100 Å². The SMILES string of the molecule is Cc1c(-c2cccs2)[nH]n2cc(C(=O)O)nc12. The van der Waals surface area contributed by atoms with Crippen molar-refractivity contribution in [3.63, 3.8) is 0 Å². The van der Waals surface area contributed by atoms with Gasteiger partial charge in [-0.2, -0.15) is 0 Å². The summed E-state index contributed by atoms with van der Waals surface area (Å²) in [5, 5.41) is 14.0. The van der Waals surface area contributed by atoms with Gasteiger partial charge in [-0.15, -0.1) is 11.3 Å². The zero-order chi connectivity index (χ0) is 12.0. The molecule has 3 aromatic heterocycles. The minimum Gasteiger partial charge on any atom is -0.476 e. The standard InChI is InChI=1S/C11H9N3O2S/c1-6-9(8-3-2-4-17-8)13-14-5-7(11(15)16)12-10(6)14/h2-5,13H,1H3,(H,15,16). The van der Waals surface area contributed by atoms with Gasteiger partial charge in [-0.05, 0) is 18.4 Å². The average Bonchev–Trinajstić information content (AvgIpc) is 2.95. The average molecular weight is 247 g/mol. The third-order valence-corrected chi connectivity index (χ3v) is 3.52. The van der Waals surface area contributed by atoms with Crippen LogP contribution in [0.1, 0.15) is 16.1 Å². The van der Waals surface area contributed by atoms with E-state index in [0.717, 1.165) is 16.1 Å². The maximum atomic E-state index is 10.8. The van der Waals surface area contributed by atoms with Crippen molar-refractivity contribution in [2.24, 2.45) is 0 Å². The van der Waals surface area contributed by atoms with E-state index in [2.05, 4.69) is 10.1 Å². The van der Waals surface area contributed by atoms with Crippen LogP contribution in [0.15, 0.2) is 23.7 Å². The van der Waals surface area contributed by atoms with E-state index in [1.165, 1.54) is 6.20 Å². The van der Waals surface area contributed by atoms with Crippen LogP contribution in [0.25, 0.3) is 16.2 Å². The molecule has 0 aliphatic carbocycles. The molecule has 86 valence electrons. The van der Waals surface area contributed by atoms with Gasteiger partial charge in [-0.1, -0.05) is 6.07 Å². The molecule has 0 aromatic carbocycles. The van der Waals surface area contributed by atoms with Gasteiger partial charge in [-0.3, -0.25) is 5.10 Å². The smallest absolute Gasteiger partial charge is 0.356 e. The maximum absolute atomic E-state index is 10.8. The fourth-order valence-electron chi connectivity index (χ4n) is 1.81. The van der Waals surface area contributed by atoms with E-state index in [1.807, 2.05) is 24.4 Å². The van der Waals surface area contributed by atoms with Crippen molar-refractivity contribution < 1.29 is 9.90 Å². The van der Waals surface area contributed by atoms with Gasteiger partial charge >= 0.3 is 5.97 Å². The third kappa shape index (κ3) is 1.45. The molecule has 0 unspecified atom stereocenters. The number of carbonyl (C=O) groups is 1. The number of aromatic nitrogens is 3. The van der Waals surface area contributed by atoms with Crippen LogP contribution < -0.4 is 0 Å². The molecule has 0 fully saturated rings. The Morgan fingerprint density at radius 3 is 3.00 bits per heavy atom. The molecule has 3 heterocycles. The summed E-state index contributed by atoms with van der Waals surface area (Å²) in [6.07, 6.45) is 1.49. The van der Waals surface area contributed by atoms with E-state index in [9.17, 15) is 4.79 Å². The summed E-state index contributed by atoms with van der Waals surface area (Å²) < 4.78 is 1.65. The van der Waals surface area contributed by atoms with Crippen LogP contribution in [-0.4, -0.2) is 25.7 Å². The summed E-state index contributed by atoms with van der Waals surface area (Å²) in [5.74, 6) is -1.01. The zero-order valence-corrected chi connectivity index (χ0v) is 9.78. The van der Waals surface area contributed by atoms with Crippen LogP contribution in [-0.2, 0) is 0 Å². The highest BCUT2D eigenvalue weighted by Crippen LogP contribution is 2.28. The van der Waals surface area contributed by atoms with Gasteiger partial charge in [0.2, 0.25) is 0 Å². The van der Waals surface area contributed by atoms with Gasteiger partial charge in [-0.25, -0.2) is 14.3 Å². The summed E-state index contributed by atoms with van der Waals surface area (Å²) in [4.78, 5) is 16.0. The highest BCUT2D eigenvalue weighted by molar-refractivity contribution is 7.13. The second-order valence-electron chi connectivity index (χ2n) is 3.71. The van der Waals surface area contributed by atoms with E-state index in [0.29, 0.717) is 5.65 Å². The summed E-state index contributed by atoms with van der Waals surface area (Å²) in [5.41, 5.74) is 2.65. The van der Waals surface area contributed by atoms with E-state index in [4.69, 9.17) is 5.11 Å². The fraction of sp³-hybridized carbons (Fsp3) is 0.0909. The van der Waals surface area contributed by atoms with Crippen LogP contribution in [0.4, 0.5) is 0 Å². The van der Waals surface area contributed by atoms with Crippen molar-refractivity contribution in [1.29, 1.82) is 0 Å². The van der Waals surface area contributed by atoms with E-state index in [1.54, 1.807) is 15.9 Å². The number of rotatable bonds is 2. The van der Waals surface area contributed by atoms with Crippen LogP contribution >= 0.6 is 11.3 Å². The number of H-pyrrole nitrogens is 1. The molecule has 0 bridgehead atoms. The van der Waals surface area contributed by atoms with Crippen molar-refractivity contribution in [3.8, 4) is 10.6 Å². The van der Waals surface area contributed by atoms with Crippen molar-refractivity contribution in [2.45, 2.75) is 6.92 Å². The normalized spacial score (nSPS) is 11.1. The van der Waals surface area contributed by atoms with Crippen LogP contribution in [0.5, 0.6) is 0 Å². The van der Waals surface area contributed by atoms with Gasteiger partial charge < -0.3 is 5.11 Å². The van der Waals surface area contributed by atoms with Crippen molar-refractivity contribution in [2.75, 3.05) is 0 Å². The highest BCUT2D eigenvalue weighted by atomic mass is 32.1. The lowest BCUT2D eigenvalue weighted by Gasteiger charge is -1.93. The number of imidazole rings is 1. The molecule has 0 aliphatic heterocycles. The third-order valence-electron chi connectivity index (χ3n) is 2.64. The zero-order valence-electron chi connectivity index (χ0n) is 8.97. The van der Waals surface area contributed by atoms with Crippen molar-refractivity contribution >= 4 is 23.0 Å². The first-order valence-electron chi connectivity index (χ1n) is 5.01. The number of carboxylic acid groups (broad SMARTS) is 1. The molecule has 0 radical (unpaired) electrons. The highest BCUT2D eigenvalue weighted by Gasteiger charge is 2.15. The topological polar surface area (TPSA) is 70.4 Å². The monoisotopic (exact) mass is 247 g/mol. The molecular formula is C11H9N3O2S. The van der Waals surface area contributed by atoms with E-state index < -0.39 is 5.97 Å². The summed E-state index contributed by atoms with van der Waals surface area (Å²) >= 11 is 1.63. The second-order valence-corrected chi connectivity index (χ2v) is 4.66. The molecule has 0 aliphatic rings. The minimum absolute atomic E-state index is 0.0529. The van der Waals surface area contributed by atoms with E-state index in [-0.39, 0.29) is 5.69 Å². The molecule has 0 saturated heterocycles. The first-order valence-corrected chi connectivity index (χ1v) is 5.89. The Kier molecular flexibility index (Phi) is 2.05. The van der Waals surface area contributed by atoms with Gasteiger partial charge in [0.1, 0.15) is 0 Å². The number of hydrogen-bond acceptors (Lipinski definition) is 3. The number of nitrogens with zero attached hydrogens (tertiary/aromatic N) is 2. The number of aryl methyl sites for hydroxylation is 1. The largest absolute Gasteiger partial charge is 0.476 e. The Hall–Kier alpha value is -2.08. The second kappa shape index (κ2) is 3.46. The van der Waals surface area contributed by atoms with Crippen molar-refractivity contribution in [3.05, 3.63) is 35.0 Å². The predicted molar refractivity (Wildman–Crippen MR) is 64.6 cm³/mol. The van der Waals surface area contributed by atoms with Crippen molar-refractivity contribution in [1.82, 2.24) is 14.6 Å².